The number of rotatable bonds is 9. The van der Waals surface area contributed by atoms with Crippen LogP contribution in [-0.4, -0.2) is 44.6 Å². The molecule has 170 valence electrons. The Morgan fingerprint density at radius 1 is 0.938 bits per heavy atom. The van der Waals surface area contributed by atoms with Gasteiger partial charge in [0.05, 0.1) is 18.8 Å². The standard InChI is InChI=1S/C26H30O6/c1-18-13-19(5-10-24(18)31-17-23-16-30-23)25(27)32-26(11-3-2-4-12-26)20-6-8-21(9-7-20)28-14-22-15-29-22/h5-10,13,22-23H,2-4,11-12,14-17H2,1H3. The summed E-state index contributed by atoms with van der Waals surface area (Å²) in [4.78, 5) is 13.2. The Bertz CT molecular complexity index is 939. The number of esters is 1. The molecule has 3 aliphatic rings. The van der Waals surface area contributed by atoms with Crippen LogP contribution in [0.15, 0.2) is 42.5 Å². The van der Waals surface area contributed by atoms with Crippen LogP contribution in [-0.2, 0) is 19.8 Å². The largest absolute Gasteiger partial charge is 0.491 e. The van der Waals surface area contributed by atoms with Gasteiger partial charge in [-0.2, -0.15) is 0 Å². The van der Waals surface area contributed by atoms with Gasteiger partial charge in [0.25, 0.3) is 0 Å². The Morgan fingerprint density at radius 2 is 1.59 bits per heavy atom. The Balaban J connectivity index is 1.29. The van der Waals surface area contributed by atoms with Gasteiger partial charge in [-0.25, -0.2) is 4.79 Å². The van der Waals surface area contributed by atoms with Crippen molar-refractivity contribution in [2.24, 2.45) is 0 Å². The molecule has 1 saturated carbocycles. The SMILES string of the molecule is Cc1cc(C(=O)OC2(c3ccc(OCC4CO4)cc3)CCCCC2)ccc1OCC1CO1. The van der Waals surface area contributed by atoms with Gasteiger partial charge in [0, 0.05) is 0 Å². The van der Waals surface area contributed by atoms with Gasteiger partial charge in [0.2, 0.25) is 0 Å². The van der Waals surface area contributed by atoms with Crippen molar-refractivity contribution in [2.45, 2.75) is 56.8 Å². The Morgan fingerprint density at radius 3 is 2.22 bits per heavy atom. The van der Waals surface area contributed by atoms with E-state index in [1.54, 1.807) is 6.07 Å². The highest BCUT2D eigenvalue weighted by atomic mass is 16.6. The van der Waals surface area contributed by atoms with Crippen molar-refractivity contribution in [2.75, 3.05) is 26.4 Å². The van der Waals surface area contributed by atoms with Crippen LogP contribution in [0.2, 0.25) is 0 Å². The number of carbonyl (C=O) groups is 1. The number of aryl methyl sites for hydroxylation is 1. The van der Waals surface area contributed by atoms with Crippen LogP contribution < -0.4 is 9.47 Å². The zero-order chi connectivity index (χ0) is 22.0. The zero-order valence-corrected chi connectivity index (χ0v) is 18.5. The van der Waals surface area contributed by atoms with E-state index >= 15 is 0 Å². The second kappa shape index (κ2) is 9.12. The molecule has 0 spiro atoms. The van der Waals surface area contributed by atoms with E-state index < -0.39 is 5.60 Å². The predicted molar refractivity (Wildman–Crippen MR) is 118 cm³/mol. The first-order valence-electron chi connectivity index (χ1n) is 11.5. The van der Waals surface area contributed by atoms with Gasteiger partial charge in [-0.15, -0.1) is 0 Å². The highest BCUT2D eigenvalue weighted by molar-refractivity contribution is 5.90. The summed E-state index contributed by atoms with van der Waals surface area (Å²) in [5.41, 5.74) is 1.90. The molecule has 2 unspecified atom stereocenters. The number of epoxide rings is 2. The summed E-state index contributed by atoms with van der Waals surface area (Å²) >= 11 is 0. The lowest BCUT2D eigenvalue weighted by atomic mass is 9.79. The molecule has 6 nitrogen and oxygen atoms in total. The van der Waals surface area contributed by atoms with Crippen molar-refractivity contribution in [3.8, 4) is 11.5 Å². The molecule has 2 aliphatic heterocycles. The summed E-state index contributed by atoms with van der Waals surface area (Å²) in [7, 11) is 0. The van der Waals surface area contributed by atoms with Crippen LogP contribution in [0.5, 0.6) is 11.5 Å². The molecule has 5 rings (SSSR count). The number of benzene rings is 2. The summed E-state index contributed by atoms with van der Waals surface area (Å²) in [5.74, 6) is 1.29. The van der Waals surface area contributed by atoms with Crippen LogP contribution in [0.25, 0.3) is 0 Å². The average Bonchev–Trinajstić information content (AvgIpc) is 3.73. The molecule has 0 aromatic heterocycles. The molecule has 0 amide bonds. The van der Waals surface area contributed by atoms with Crippen molar-refractivity contribution in [3.63, 3.8) is 0 Å². The fourth-order valence-electron chi connectivity index (χ4n) is 4.30. The second-order valence-corrected chi connectivity index (χ2v) is 8.98. The van der Waals surface area contributed by atoms with E-state index in [2.05, 4.69) is 0 Å². The van der Waals surface area contributed by atoms with E-state index in [1.807, 2.05) is 43.3 Å². The number of hydrogen-bond acceptors (Lipinski definition) is 6. The first-order chi connectivity index (χ1) is 15.6. The number of ether oxygens (including phenoxy) is 5. The van der Waals surface area contributed by atoms with E-state index in [1.165, 1.54) is 0 Å². The van der Waals surface area contributed by atoms with E-state index in [0.29, 0.717) is 18.8 Å². The summed E-state index contributed by atoms with van der Waals surface area (Å²) in [6.07, 6.45) is 5.33. The zero-order valence-electron chi connectivity index (χ0n) is 18.5. The maximum Gasteiger partial charge on any atom is 0.339 e. The second-order valence-electron chi connectivity index (χ2n) is 8.98. The molecule has 1 aliphatic carbocycles. The number of hydrogen-bond donors (Lipinski definition) is 0. The molecule has 0 bridgehead atoms. The molecule has 2 saturated heterocycles. The fraction of sp³-hybridized carbons (Fsp3) is 0.500. The lowest BCUT2D eigenvalue weighted by Crippen LogP contribution is -2.34. The van der Waals surface area contributed by atoms with Gasteiger partial charge in [-0.05, 0) is 74.1 Å². The monoisotopic (exact) mass is 438 g/mol. The van der Waals surface area contributed by atoms with Crippen LogP contribution in [0.3, 0.4) is 0 Å². The van der Waals surface area contributed by atoms with Crippen molar-refractivity contribution in [1.82, 2.24) is 0 Å². The first kappa shape index (κ1) is 21.3. The molecule has 32 heavy (non-hydrogen) atoms. The van der Waals surface area contributed by atoms with Crippen LogP contribution >= 0.6 is 0 Å². The Kier molecular flexibility index (Phi) is 6.07. The third-order valence-corrected chi connectivity index (χ3v) is 6.41. The van der Waals surface area contributed by atoms with Crippen molar-refractivity contribution in [1.29, 1.82) is 0 Å². The normalized spacial score (nSPS) is 23.3. The van der Waals surface area contributed by atoms with E-state index in [-0.39, 0.29) is 18.2 Å². The fourth-order valence-corrected chi connectivity index (χ4v) is 4.30. The molecule has 2 aromatic rings. The minimum absolute atomic E-state index is 0.198. The summed E-state index contributed by atoms with van der Waals surface area (Å²) < 4.78 is 28.2. The van der Waals surface area contributed by atoms with E-state index in [0.717, 1.165) is 67.9 Å². The van der Waals surface area contributed by atoms with Crippen LogP contribution in [0, 0.1) is 6.92 Å². The minimum atomic E-state index is -0.597. The third kappa shape index (κ3) is 5.08. The molecular weight excluding hydrogens is 408 g/mol. The molecule has 0 N–H and O–H groups in total. The van der Waals surface area contributed by atoms with Gasteiger partial charge < -0.3 is 23.7 Å². The Labute approximate surface area is 188 Å². The van der Waals surface area contributed by atoms with Gasteiger partial charge in [-0.3, -0.25) is 0 Å². The highest BCUT2D eigenvalue weighted by Gasteiger charge is 2.38. The highest BCUT2D eigenvalue weighted by Crippen LogP contribution is 2.42. The topological polar surface area (TPSA) is 69.8 Å². The molecule has 3 fully saturated rings. The molecule has 6 heteroatoms. The quantitative estimate of drug-likeness (QED) is 0.422. The van der Waals surface area contributed by atoms with Gasteiger partial charge in [0.15, 0.2) is 0 Å². The molecular formula is C26H30O6. The molecule has 2 heterocycles. The number of carbonyl (C=O) groups excluding carboxylic acids is 1. The lowest BCUT2D eigenvalue weighted by molar-refractivity contribution is -0.0417. The molecule has 2 aromatic carbocycles. The Hall–Kier alpha value is -2.57. The van der Waals surface area contributed by atoms with Crippen LogP contribution in [0.1, 0.15) is 53.6 Å². The average molecular weight is 439 g/mol. The third-order valence-electron chi connectivity index (χ3n) is 6.41. The maximum atomic E-state index is 13.2. The van der Waals surface area contributed by atoms with Gasteiger partial charge in [0.1, 0.15) is 42.5 Å². The summed E-state index contributed by atoms with van der Waals surface area (Å²) in [5, 5.41) is 0. The lowest BCUT2D eigenvalue weighted by Gasteiger charge is -2.37. The smallest absolute Gasteiger partial charge is 0.339 e. The van der Waals surface area contributed by atoms with Crippen molar-refractivity contribution >= 4 is 5.97 Å². The maximum absolute atomic E-state index is 13.2. The van der Waals surface area contributed by atoms with Crippen LogP contribution in [0.4, 0.5) is 0 Å². The van der Waals surface area contributed by atoms with E-state index in [9.17, 15) is 4.79 Å². The minimum Gasteiger partial charge on any atom is -0.491 e. The van der Waals surface area contributed by atoms with Gasteiger partial charge >= 0.3 is 5.97 Å². The van der Waals surface area contributed by atoms with Gasteiger partial charge in [-0.1, -0.05) is 18.6 Å². The molecule has 2 atom stereocenters. The summed E-state index contributed by atoms with van der Waals surface area (Å²) in [6.45, 7) is 4.60. The first-order valence-corrected chi connectivity index (χ1v) is 11.5. The molecule has 0 radical (unpaired) electrons. The summed E-state index contributed by atoms with van der Waals surface area (Å²) in [6, 6.07) is 13.5. The predicted octanol–water partition coefficient (Wildman–Crippen LogP) is 4.57. The van der Waals surface area contributed by atoms with Crippen molar-refractivity contribution in [3.05, 3.63) is 59.2 Å². The van der Waals surface area contributed by atoms with Crippen molar-refractivity contribution < 1.29 is 28.5 Å². The van der Waals surface area contributed by atoms with E-state index in [4.69, 9.17) is 23.7 Å².